The average molecular weight is 479 g/mol. The van der Waals surface area contributed by atoms with E-state index in [-0.39, 0.29) is 19.0 Å². The van der Waals surface area contributed by atoms with E-state index in [2.05, 4.69) is 4.99 Å². The first kappa shape index (κ1) is 22.0. The molecule has 0 radical (unpaired) electrons. The molecule has 2 aliphatic heterocycles. The number of carbonyl (C=O) groups excluding carboxylic acids is 1. The Morgan fingerprint density at radius 3 is 2.85 bits per heavy atom. The highest BCUT2D eigenvalue weighted by atomic mass is 32.1. The third-order valence-corrected chi connectivity index (χ3v) is 6.60. The molecule has 8 nitrogen and oxygen atoms in total. The van der Waals surface area contributed by atoms with Crippen molar-refractivity contribution >= 4 is 23.4 Å². The molecule has 174 valence electrons. The van der Waals surface area contributed by atoms with Crippen LogP contribution >= 0.6 is 11.3 Å². The number of carbonyl (C=O) groups is 1. The van der Waals surface area contributed by atoms with Gasteiger partial charge in [-0.2, -0.15) is 0 Å². The molecule has 0 unspecified atom stereocenters. The minimum atomic E-state index is -0.711. The Morgan fingerprint density at radius 2 is 2.06 bits per heavy atom. The molecular formula is C25H22N2O6S. The van der Waals surface area contributed by atoms with Crippen molar-refractivity contribution in [3.8, 4) is 17.2 Å². The van der Waals surface area contributed by atoms with E-state index in [0.29, 0.717) is 43.4 Å². The third kappa shape index (κ3) is 3.77. The highest BCUT2D eigenvalue weighted by Gasteiger charge is 2.34. The van der Waals surface area contributed by atoms with Gasteiger partial charge in [0.1, 0.15) is 5.75 Å². The molecule has 0 N–H and O–H groups in total. The number of rotatable bonds is 5. The van der Waals surface area contributed by atoms with Crippen molar-refractivity contribution in [1.82, 2.24) is 4.57 Å². The molecule has 34 heavy (non-hydrogen) atoms. The number of thiazole rings is 1. The Bertz CT molecular complexity index is 1500. The fraction of sp³-hybridized carbons (Fsp3) is 0.240. The van der Waals surface area contributed by atoms with Crippen LogP contribution < -0.4 is 29.1 Å². The SMILES string of the molecule is CCOC(=O)C1=C(C)N=c2s/c(=C/c3cccc(OC)c3)c(=O)n2[C@@H]1c1ccc2c(c1)OCO2. The van der Waals surface area contributed by atoms with Crippen molar-refractivity contribution in [2.24, 2.45) is 4.99 Å². The predicted molar refractivity (Wildman–Crippen MR) is 126 cm³/mol. The fourth-order valence-corrected chi connectivity index (χ4v) is 5.12. The maximum Gasteiger partial charge on any atom is 0.338 e. The lowest BCUT2D eigenvalue weighted by Crippen LogP contribution is -2.39. The summed E-state index contributed by atoms with van der Waals surface area (Å²) in [6.07, 6.45) is 1.80. The highest BCUT2D eigenvalue weighted by molar-refractivity contribution is 7.07. The van der Waals surface area contributed by atoms with Gasteiger partial charge in [-0.3, -0.25) is 9.36 Å². The van der Waals surface area contributed by atoms with Crippen LogP contribution in [-0.2, 0) is 9.53 Å². The summed E-state index contributed by atoms with van der Waals surface area (Å²) in [7, 11) is 1.60. The number of hydrogen-bond acceptors (Lipinski definition) is 8. The van der Waals surface area contributed by atoms with Crippen molar-refractivity contribution in [2.45, 2.75) is 19.9 Å². The number of aromatic nitrogens is 1. The lowest BCUT2D eigenvalue weighted by atomic mass is 9.95. The minimum Gasteiger partial charge on any atom is -0.497 e. The van der Waals surface area contributed by atoms with Crippen LogP contribution in [0.4, 0.5) is 0 Å². The molecule has 0 amide bonds. The van der Waals surface area contributed by atoms with Crippen LogP contribution in [0.5, 0.6) is 17.2 Å². The molecule has 0 saturated carbocycles. The highest BCUT2D eigenvalue weighted by Crippen LogP contribution is 2.38. The van der Waals surface area contributed by atoms with Gasteiger partial charge in [-0.05, 0) is 55.3 Å². The van der Waals surface area contributed by atoms with Crippen LogP contribution in [0.15, 0.2) is 63.5 Å². The Morgan fingerprint density at radius 1 is 1.24 bits per heavy atom. The van der Waals surface area contributed by atoms with E-state index in [1.165, 1.54) is 11.3 Å². The molecule has 3 heterocycles. The van der Waals surface area contributed by atoms with Gasteiger partial charge in [0.05, 0.1) is 35.6 Å². The van der Waals surface area contributed by atoms with Crippen molar-refractivity contribution in [3.63, 3.8) is 0 Å². The molecule has 0 saturated heterocycles. The number of allylic oxidation sites excluding steroid dienone is 1. The van der Waals surface area contributed by atoms with Crippen LogP contribution in [0.25, 0.3) is 6.08 Å². The Hall–Kier alpha value is -3.85. The topological polar surface area (TPSA) is 88.4 Å². The van der Waals surface area contributed by atoms with Crippen LogP contribution in [0.3, 0.4) is 0 Å². The number of nitrogens with zero attached hydrogens (tertiary/aromatic N) is 2. The second-order valence-corrected chi connectivity index (χ2v) is 8.70. The van der Waals surface area contributed by atoms with Gasteiger partial charge in [-0.1, -0.05) is 29.5 Å². The summed E-state index contributed by atoms with van der Waals surface area (Å²) in [5.74, 6) is 1.37. The number of ether oxygens (including phenoxy) is 4. The third-order valence-electron chi connectivity index (χ3n) is 5.62. The number of fused-ring (bicyclic) bond motifs is 2. The van der Waals surface area contributed by atoms with Crippen molar-refractivity contribution in [2.75, 3.05) is 20.5 Å². The van der Waals surface area contributed by atoms with Gasteiger partial charge in [0.25, 0.3) is 5.56 Å². The molecule has 0 aliphatic carbocycles. The summed E-state index contributed by atoms with van der Waals surface area (Å²) < 4.78 is 23.6. The summed E-state index contributed by atoms with van der Waals surface area (Å²) in [6, 6.07) is 12.1. The number of benzene rings is 2. The van der Waals surface area contributed by atoms with Crippen molar-refractivity contribution < 1.29 is 23.7 Å². The maximum absolute atomic E-state index is 13.6. The van der Waals surface area contributed by atoms with Gasteiger partial charge < -0.3 is 18.9 Å². The van der Waals surface area contributed by atoms with E-state index in [1.54, 1.807) is 43.7 Å². The van der Waals surface area contributed by atoms with E-state index in [4.69, 9.17) is 18.9 Å². The van der Waals surface area contributed by atoms with Gasteiger partial charge in [-0.25, -0.2) is 9.79 Å². The van der Waals surface area contributed by atoms with Crippen LogP contribution in [0, 0.1) is 0 Å². The zero-order valence-electron chi connectivity index (χ0n) is 18.9. The first-order valence-corrected chi connectivity index (χ1v) is 11.5. The normalized spacial score (nSPS) is 16.8. The standard InChI is InChI=1S/C25H22N2O6S/c1-4-31-24(29)21-14(2)26-25-27(22(21)16-8-9-18-19(12-16)33-13-32-18)23(28)20(34-25)11-15-6-5-7-17(10-15)30-3/h5-12,22H,4,13H2,1-3H3/b20-11+/t22-/m1/s1. The van der Waals surface area contributed by atoms with Gasteiger partial charge in [0, 0.05) is 0 Å². The number of methoxy groups -OCH3 is 1. The first-order valence-electron chi connectivity index (χ1n) is 10.7. The molecular weight excluding hydrogens is 456 g/mol. The molecule has 5 rings (SSSR count). The monoisotopic (exact) mass is 478 g/mol. The molecule has 1 aromatic heterocycles. The summed E-state index contributed by atoms with van der Waals surface area (Å²) in [5, 5.41) is 0. The van der Waals surface area contributed by atoms with E-state index in [9.17, 15) is 9.59 Å². The van der Waals surface area contributed by atoms with E-state index in [0.717, 1.165) is 5.56 Å². The summed E-state index contributed by atoms with van der Waals surface area (Å²) in [6.45, 7) is 3.84. The van der Waals surface area contributed by atoms with Crippen LogP contribution in [0.1, 0.15) is 31.0 Å². The van der Waals surface area contributed by atoms with Gasteiger partial charge >= 0.3 is 5.97 Å². The van der Waals surface area contributed by atoms with Crippen LogP contribution in [0.2, 0.25) is 0 Å². The number of hydrogen-bond donors (Lipinski definition) is 0. The lowest BCUT2D eigenvalue weighted by molar-refractivity contribution is -0.139. The second-order valence-electron chi connectivity index (χ2n) is 7.69. The molecule has 1 atom stereocenters. The summed E-state index contributed by atoms with van der Waals surface area (Å²) in [4.78, 5) is 31.7. The predicted octanol–water partition coefficient (Wildman–Crippen LogP) is 2.54. The second kappa shape index (κ2) is 8.83. The largest absolute Gasteiger partial charge is 0.497 e. The zero-order chi connectivity index (χ0) is 23.8. The molecule has 0 spiro atoms. The fourth-order valence-electron chi connectivity index (χ4n) is 4.07. The van der Waals surface area contributed by atoms with Gasteiger partial charge in [0.15, 0.2) is 16.3 Å². The smallest absolute Gasteiger partial charge is 0.338 e. The molecule has 9 heteroatoms. The first-order chi connectivity index (χ1) is 16.5. The maximum atomic E-state index is 13.6. The number of esters is 1. The Balaban J connectivity index is 1.71. The van der Waals surface area contributed by atoms with E-state index < -0.39 is 12.0 Å². The van der Waals surface area contributed by atoms with Crippen molar-refractivity contribution in [1.29, 1.82) is 0 Å². The molecule has 2 aliphatic rings. The zero-order valence-corrected chi connectivity index (χ0v) is 19.7. The quantitative estimate of drug-likeness (QED) is 0.524. The molecule has 0 fully saturated rings. The molecule has 2 aromatic carbocycles. The lowest BCUT2D eigenvalue weighted by Gasteiger charge is -2.24. The van der Waals surface area contributed by atoms with E-state index in [1.807, 2.05) is 30.3 Å². The van der Waals surface area contributed by atoms with Crippen LogP contribution in [-0.4, -0.2) is 31.0 Å². The Kier molecular flexibility index (Phi) is 5.70. The molecule has 0 bridgehead atoms. The summed E-state index contributed by atoms with van der Waals surface area (Å²) in [5.41, 5.74) is 2.11. The molecule has 3 aromatic rings. The average Bonchev–Trinajstić information content (AvgIpc) is 3.42. The Labute approximate surface area is 199 Å². The van der Waals surface area contributed by atoms with Gasteiger partial charge in [0.2, 0.25) is 6.79 Å². The summed E-state index contributed by atoms with van der Waals surface area (Å²) >= 11 is 1.27. The van der Waals surface area contributed by atoms with Gasteiger partial charge in [-0.15, -0.1) is 0 Å². The minimum absolute atomic E-state index is 0.127. The van der Waals surface area contributed by atoms with Crippen molar-refractivity contribution in [3.05, 3.63) is 84.5 Å². The van der Waals surface area contributed by atoms with E-state index >= 15 is 0 Å².